The van der Waals surface area contributed by atoms with Gasteiger partial charge in [0, 0.05) is 17.8 Å². The third kappa shape index (κ3) is 3.60. The van der Waals surface area contributed by atoms with E-state index in [0.717, 1.165) is 18.2 Å². The normalized spacial score (nSPS) is 11.4. The van der Waals surface area contributed by atoms with Gasteiger partial charge in [0.15, 0.2) is 0 Å². The summed E-state index contributed by atoms with van der Waals surface area (Å²) in [7, 11) is 0. The highest BCUT2D eigenvalue weighted by molar-refractivity contribution is 6.31. The molecule has 0 saturated carbocycles. The first-order valence-corrected chi connectivity index (χ1v) is 5.84. The molecule has 0 aliphatic rings. The van der Waals surface area contributed by atoms with Crippen molar-refractivity contribution in [2.24, 2.45) is 0 Å². The van der Waals surface area contributed by atoms with Crippen molar-refractivity contribution in [2.45, 2.75) is 12.8 Å². The average Bonchev–Trinajstić information content (AvgIpc) is 2.37. The molecular weight excluding hydrogens is 298 g/mol. The Morgan fingerprint density at radius 2 is 1.90 bits per heavy atom. The molecule has 1 aromatic heterocycles. The highest BCUT2D eigenvalue weighted by Gasteiger charge is 2.30. The maximum Gasteiger partial charge on any atom is 0.417 e. The average molecular weight is 306 g/mol. The minimum absolute atomic E-state index is 0.0164. The largest absolute Gasteiger partial charge is 0.473 e. The molecule has 7 heteroatoms. The monoisotopic (exact) mass is 305 g/mol. The number of nitrogens with zero attached hydrogens (tertiary/aromatic N) is 1. The fraction of sp³-hybridized carbons (Fsp3) is 0.154. The molecule has 0 bridgehead atoms. The number of benzene rings is 1. The van der Waals surface area contributed by atoms with Crippen LogP contribution in [0.2, 0.25) is 5.02 Å². The summed E-state index contributed by atoms with van der Waals surface area (Å²) >= 11 is 5.79. The molecule has 0 aliphatic carbocycles. The van der Waals surface area contributed by atoms with Gasteiger partial charge in [0.1, 0.15) is 12.4 Å². The van der Waals surface area contributed by atoms with E-state index in [1.165, 1.54) is 12.1 Å². The number of pyridine rings is 1. The van der Waals surface area contributed by atoms with Crippen molar-refractivity contribution in [3.05, 3.63) is 58.5 Å². The molecule has 1 heterocycles. The third-order valence-electron chi connectivity index (χ3n) is 2.45. The van der Waals surface area contributed by atoms with Crippen LogP contribution in [0.1, 0.15) is 11.1 Å². The molecule has 0 N–H and O–H groups in total. The van der Waals surface area contributed by atoms with Crippen LogP contribution >= 0.6 is 11.6 Å². The number of rotatable bonds is 3. The molecule has 106 valence electrons. The van der Waals surface area contributed by atoms with Crippen molar-refractivity contribution < 1.29 is 22.3 Å². The first kappa shape index (κ1) is 14.6. The summed E-state index contributed by atoms with van der Waals surface area (Å²) in [6, 6.07) is 5.75. The van der Waals surface area contributed by atoms with E-state index < -0.39 is 17.6 Å². The van der Waals surface area contributed by atoms with Crippen LogP contribution in [0.3, 0.4) is 0 Å². The van der Waals surface area contributed by atoms with Crippen molar-refractivity contribution in [3.63, 3.8) is 0 Å². The second kappa shape index (κ2) is 5.66. The van der Waals surface area contributed by atoms with Crippen molar-refractivity contribution >= 4 is 11.6 Å². The number of aromatic nitrogens is 1. The molecule has 1 aromatic carbocycles. The summed E-state index contributed by atoms with van der Waals surface area (Å²) in [4.78, 5) is 3.55. The predicted molar refractivity (Wildman–Crippen MR) is 65.0 cm³/mol. The Bertz CT molecular complexity index is 598. The minimum atomic E-state index is -4.44. The van der Waals surface area contributed by atoms with Crippen molar-refractivity contribution in [1.29, 1.82) is 0 Å². The van der Waals surface area contributed by atoms with E-state index in [9.17, 15) is 17.6 Å². The maximum absolute atomic E-state index is 12.8. The molecule has 0 atom stereocenters. The Balaban J connectivity index is 2.04. The van der Waals surface area contributed by atoms with Gasteiger partial charge in [0.25, 0.3) is 0 Å². The van der Waals surface area contributed by atoms with Crippen LogP contribution in [0, 0.1) is 5.82 Å². The van der Waals surface area contributed by atoms with Gasteiger partial charge in [-0.15, -0.1) is 0 Å². The van der Waals surface area contributed by atoms with Gasteiger partial charge in [0.05, 0.1) is 10.6 Å². The van der Waals surface area contributed by atoms with Crippen LogP contribution in [0.4, 0.5) is 17.6 Å². The van der Waals surface area contributed by atoms with Crippen molar-refractivity contribution in [1.82, 2.24) is 4.98 Å². The van der Waals surface area contributed by atoms with E-state index in [1.807, 2.05) is 0 Å². The summed E-state index contributed by atoms with van der Waals surface area (Å²) in [6.45, 7) is -0.0164. The number of hydrogen-bond acceptors (Lipinski definition) is 2. The molecule has 20 heavy (non-hydrogen) atoms. The highest BCUT2D eigenvalue weighted by atomic mass is 35.5. The maximum atomic E-state index is 12.8. The van der Waals surface area contributed by atoms with Gasteiger partial charge >= 0.3 is 6.18 Å². The van der Waals surface area contributed by atoms with Gasteiger partial charge in [-0.1, -0.05) is 17.7 Å². The van der Waals surface area contributed by atoms with E-state index in [2.05, 4.69) is 4.98 Å². The summed E-state index contributed by atoms with van der Waals surface area (Å²) < 4.78 is 55.0. The van der Waals surface area contributed by atoms with Gasteiger partial charge in [-0.25, -0.2) is 9.37 Å². The van der Waals surface area contributed by atoms with Gasteiger partial charge in [-0.3, -0.25) is 0 Å². The molecule has 0 unspecified atom stereocenters. The summed E-state index contributed by atoms with van der Waals surface area (Å²) in [5, 5.41) is 0.178. The lowest BCUT2D eigenvalue weighted by Crippen LogP contribution is -2.06. The first-order valence-electron chi connectivity index (χ1n) is 5.46. The van der Waals surface area contributed by atoms with Crippen LogP contribution in [0.5, 0.6) is 5.88 Å². The molecule has 2 rings (SSSR count). The van der Waals surface area contributed by atoms with Crippen LogP contribution in [0.25, 0.3) is 0 Å². The van der Waals surface area contributed by atoms with Gasteiger partial charge in [-0.05, 0) is 18.2 Å². The number of alkyl halides is 3. The summed E-state index contributed by atoms with van der Waals surface area (Å²) in [5.41, 5.74) is -0.348. The molecule has 2 aromatic rings. The molecule has 2 nitrogen and oxygen atoms in total. The Kier molecular flexibility index (Phi) is 4.13. The molecule has 0 saturated heterocycles. The third-order valence-corrected chi connectivity index (χ3v) is 2.81. The second-order valence-electron chi connectivity index (χ2n) is 3.91. The van der Waals surface area contributed by atoms with Crippen LogP contribution in [0.15, 0.2) is 36.5 Å². The minimum Gasteiger partial charge on any atom is -0.473 e. The van der Waals surface area contributed by atoms with Crippen molar-refractivity contribution in [3.8, 4) is 5.88 Å². The standard InChI is InChI=1S/C13H8ClF4NO/c14-11-5-10(15)3-1-8(11)7-20-12-4-2-9(6-19-12)13(16,17)18/h1-6H,7H2. The molecule has 0 radical (unpaired) electrons. The van der Waals surface area contributed by atoms with Crippen molar-refractivity contribution in [2.75, 3.05) is 0 Å². The Morgan fingerprint density at radius 1 is 1.15 bits per heavy atom. The summed E-state index contributed by atoms with van der Waals surface area (Å²) in [6.07, 6.45) is -3.76. The quantitative estimate of drug-likeness (QED) is 0.780. The Hall–Kier alpha value is -1.82. The van der Waals surface area contributed by atoms with Crippen LogP contribution in [-0.2, 0) is 12.8 Å². The number of halogens is 5. The lowest BCUT2D eigenvalue weighted by molar-refractivity contribution is -0.137. The van der Waals surface area contributed by atoms with E-state index in [4.69, 9.17) is 16.3 Å². The fourth-order valence-electron chi connectivity index (χ4n) is 1.42. The lowest BCUT2D eigenvalue weighted by Gasteiger charge is -2.09. The molecule has 0 amide bonds. The molecular formula is C13H8ClF4NO. The van der Waals surface area contributed by atoms with Crippen LogP contribution in [-0.4, -0.2) is 4.98 Å². The second-order valence-corrected chi connectivity index (χ2v) is 4.31. The van der Waals surface area contributed by atoms with E-state index >= 15 is 0 Å². The van der Waals surface area contributed by atoms with Gasteiger partial charge < -0.3 is 4.74 Å². The zero-order valence-electron chi connectivity index (χ0n) is 9.92. The summed E-state index contributed by atoms with van der Waals surface area (Å²) in [5.74, 6) is -0.454. The smallest absolute Gasteiger partial charge is 0.417 e. The number of hydrogen-bond donors (Lipinski definition) is 0. The van der Waals surface area contributed by atoms with E-state index in [-0.39, 0.29) is 17.5 Å². The van der Waals surface area contributed by atoms with Gasteiger partial charge in [-0.2, -0.15) is 13.2 Å². The number of ether oxygens (including phenoxy) is 1. The topological polar surface area (TPSA) is 22.1 Å². The zero-order chi connectivity index (χ0) is 14.8. The molecule has 0 spiro atoms. The van der Waals surface area contributed by atoms with Crippen LogP contribution < -0.4 is 4.74 Å². The zero-order valence-corrected chi connectivity index (χ0v) is 10.7. The highest BCUT2D eigenvalue weighted by Crippen LogP contribution is 2.29. The SMILES string of the molecule is Fc1ccc(COc2ccc(C(F)(F)F)cn2)c(Cl)c1. The Morgan fingerprint density at radius 3 is 2.45 bits per heavy atom. The predicted octanol–water partition coefficient (Wildman–Crippen LogP) is 4.47. The Labute approximate surface area is 117 Å². The molecule has 0 fully saturated rings. The lowest BCUT2D eigenvalue weighted by atomic mass is 10.2. The molecule has 0 aliphatic heterocycles. The van der Waals surface area contributed by atoms with E-state index in [0.29, 0.717) is 11.8 Å². The van der Waals surface area contributed by atoms with E-state index in [1.54, 1.807) is 0 Å². The fourth-order valence-corrected chi connectivity index (χ4v) is 1.65. The first-order chi connectivity index (χ1) is 9.36. The van der Waals surface area contributed by atoms with Gasteiger partial charge in [0.2, 0.25) is 5.88 Å².